The van der Waals surface area contributed by atoms with Crippen LogP contribution in [0.4, 0.5) is 0 Å². The Morgan fingerprint density at radius 1 is 0.895 bits per heavy atom. The molecule has 1 fully saturated rings. The van der Waals surface area contributed by atoms with Gasteiger partial charge < -0.3 is 0 Å². The van der Waals surface area contributed by atoms with Crippen LogP contribution in [-0.2, 0) is 6.54 Å². The highest BCUT2D eigenvalue weighted by Crippen LogP contribution is 2.22. The molecule has 1 saturated carbocycles. The molecular weight excluding hydrogens is 230 g/mol. The zero-order valence-electron chi connectivity index (χ0n) is 13.7. The van der Waals surface area contributed by atoms with Gasteiger partial charge in [0.05, 0.1) is 0 Å². The van der Waals surface area contributed by atoms with Gasteiger partial charge in [-0.05, 0) is 25.5 Å². The second kappa shape index (κ2) is 12.2. The van der Waals surface area contributed by atoms with Crippen LogP contribution in [0, 0.1) is 0 Å². The third kappa shape index (κ3) is 7.37. The molecule has 0 aliphatic heterocycles. The average molecular weight is 263 g/mol. The average Bonchev–Trinajstić information content (AvgIpc) is 2.53. The van der Waals surface area contributed by atoms with E-state index < -0.39 is 0 Å². The first-order valence-electron chi connectivity index (χ1n) is 8.10. The molecule has 0 atom stereocenters. The summed E-state index contributed by atoms with van der Waals surface area (Å²) in [5, 5.41) is 0. The van der Waals surface area contributed by atoms with Crippen molar-refractivity contribution in [1.29, 1.82) is 0 Å². The third-order valence-electron chi connectivity index (χ3n) is 3.47. The van der Waals surface area contributed by atoms with Gasteiger partial charge in [-0.3, -0.25) is 4.90 Å². The van der Waals surface area contributed by atoms with Crippen molar-refractivity contribution in [3.63, 3.8) is 0 Å². The molecule has 1 heteroatoms. The molecule has 1 aromatic rings. The molecule has 0 amide bonds. The summed E-state index contributed by atoms with van der Waals surface area (Å²) in [7, 11) is 2.27. The lowest BCUT2D eigenvalue weighted by molar-refractivity contribution is 0.184. The first-order chi connectivity index (χ1) is 9.36. The summed E-state index contributed by atoms with van der Waals surface area (Å²) >= 11 is 0. The van der Waals surface area contributed by atoms with Crippen LogP contribution >= 0.6 is 0 Å². The number of rotatable bonds is 3. The fourth-order valence-electron chi connectivity index (χ4n) is 2.52. The van der Waals surface area contributed by atoms with E-state index in [4.69, 9.17) is 0 Å². The molecule has 0 N–H and O–H groups in total. The second-order valence-electron chi connectivity index (χ2n) is 4.69. The Balaban J connectivity index is 0.000000741. The van der Waals surface area contributed by atoms with E-state index in [0.29, 0.717) is 0 Å². The maximum atomic E-state index is 2.52. The maximum Gasteiger partial charge on any atom is 0.0233 e. The number of hydrogen-bond acceptors (Lipinski definition) is 1. The first-order valence-corrected chi connectivity index (χ1v) is 8.10. The summed E-state index contributed by atoms with van der Waals surface area (Å²) < 4.78 is 0. The highest BCUT2D eigenvalue weighted by molar-refractivity contribution is 5.14. The van der Waals surface area contributed by atoms with Crippen molar-refractivity contribution in [2.24, 2.45) is 0 Å². The van der Waals surface area contributed by atoms with Crippen molar-refractivity contribution in [1.82, 2.24) is 4.90 Å². The minimum absolute atomic E-state index is 0.818. The summed E-state index contributed by atoms with van der Waals surface area (Å²) in [5.74, 6) is 0. The number of benzene rings is 1. The number of hydrogen-bond donors (Lipinski definition) is 0. The number of nitrogens with zero attached hydrogens (tertiary/aromatic N) is 1. The summed E-state index contributed by atoms with van der Waals surface area (Å²) in [4.78, 5) is 2.52. The Morgan fingerprint density at radius 2 is 1.42 bits per heavy atom. The Kier molecular flexibility index (Phi) is 11.7. The van der Waals surface area contributed by atoms with Crippen LogP contribution in [0.25, 0.3) is 0 Å². The van der Waals surface area contributed by atoms with E-state index in [1.165, 1.54) is 37.7 Å². The van der Waals surface area contributed by atoms with Gasteiger partial charge in [-0.25, -0.2) is 0 Å². The van der Waals surface area contributed by atoms with Gasteiger partial charge in [-0.15, -0.1) is 0 Å². The van der Waals surface area contributed by atoms with Crippen molar-refractivity contribution in [2.75, 3.05) is 7.05 Å². The minimum Gasteiger partial charge on any atom is -0.299 e. The molecular formula is C18H33N. The first kappa shape index (κ1) is 18.2. The molecule has 1 aromatic carbocycles. The highest BCUT2D eigenvalue weighted by atomic mass is 15.1. The van der Waals surface area contributed by atoms with E-state index in [-0.39, 0.29) is 0 Å². The monoisotopic (exact) mass is 263 g/mol. The lowest BCUT2D eigenvalue weighted by Gasteiger charge is -2.31. The summed E-state index contributed by atoms with van der Waals surface area (Å²) in [6.45, 7) is 9.10. The Labute approximate surface area is 121 Å². The molecule has 0 radical (unpaired) electrons. The molecule has 0 aromatic heterocycles. The van der Waals surface area contributed by atoms with Gasteiger partial charge in [0.2, 0.25) is 0 Å². The van der Waals surface area contributed by atoms with Crippen LogP contribution in [0.1, 0.15) is 65.4 Å². The maximum absolute atomic E-state index is 2.52. The van der Waals surface area contributed by atoms with Gasteiger partial charge >= 0.3 is 0 Å². The van der Waals surface area contributed by atoms with E-state index in [1.807, 2.05) is 27.7 Å². The molecule has 0 bridgehead atoms. The zero-order valence-corrected chi connectivity index (χ0v) is 13.7. The van der Waals surface area contributed by atoms with Crippen LogP contribution in [0.2, 0.25) is 0 Å². The molecule has 1 aliphatic rings. The lowest BCUT2D eigenvalue weighted by Crippen LogP contribution is -2.32. The predicted octanol–water partition coefficient (Wildman–Crippen LogP) is 5.50. The van der Waals surface area contributed by atoms with Gasteiger partial charge in [0.15, 0.2) is 0 Å². The highest BCUT2D eigenvalue weighted by Gasteiger charge is 2.17. The SMILES string of the molecule is CC.CC.CN(Cc1ccccc1)C1CCCCC1. The van der Waals surface area contributed by atoms with Crippen molar-refractivity contribution >= 4 is 0 Å². The largest absolute Gasteiger partial charge is 0.299 e. The molecule has 19 heavy (non-hydrogen) atoms. The van der Waals surface area contributed by atoms with E-state index in [2.05, 4.69) is 42.3 Å². The Morgan fingerprint density at radius 3 is 1.95 bits per heavy atom. The van der Waals surface area contributed by atoms with Gasteiger partial charge in [0, 0.05) is 12.6 Å². The van der Waals surface area contributed by atoms with Crippen LogP contribution in [0.3, 0.4) is 0 Å². The molecule has 2 rings (SSSR count). The Hall–Kier alpha value is -0.820. The summed E-state index contributed by atoms with van der Waals surface area (Å²) in [6.07, 6.45) is 7.07. The van der Waals surface area contributed by atoms with Gasteiger partial charge in [0.25, 0.3) is 0 Å². The van der Waals surface area contributed by atoms with Crippen molar-refractivity contribution in [3.05, 3.63) is 35.9 Å². The van der Waals surface area contributed by atoms with Gasteiger partial charge in [0.1, 0.15) is 0 Å². The molecule has 0 spiro atoms. The van der Waals surface area contributed by atoms with Crippen molar-refractivity contribution in [2.45, 2.75) is 72.4 Å². The molecule has 0 unspecified atom stereocenters. The Bertz CT molecular complexity index is 275. The normalized spacial score (nSPS) is 15.1. The molecule has 110 valence electrons. The topological polar surface area (TPSA) is 3.24 Å². The quantitative estimate of drug-likeness (QED) is 0.695. The predicted molar refractivity (Wildman–Crippen MR) is 87.5 cm³/mol. The van der Waals surface area contributed by atoms with Crippen LogP contribution < -0.4 is 0 Å². The van der Waals surface area contributed by atoms with Gasteiger partial charge in [-0.2, -0.15) is 0 Å². The fraction of sp³-hybridized carbons (Fsp3) is 0.667. The molecule has 0 heterocycles. The molecule has 0 saturated heterocycles. The van der Waals surface area contributed by atoms with E-state index in [0.717, 1.165) is 12.6 Å². The third-order valence-corrected chi connectivity index (χ3v) is 3.47. The van der Waals surface area contributed by atoms with E-state index in [9.17, 15) is 0 Å². The van der Waals surface area contributed by atoms with Crippen LogP contribution in [0.5, 0.6) is 0 Å². The van der Waals surface area contributed by atoms with E-state index >= 15 is 0 Å². The standard InChI is InChI=1S/C14H21N.2C2H6/c1-15(14-10-6-3-7-11-14)12-13-8-4-2-5-9-13;2*1-2/h2,4-5,8-9,14H,3,6-7,10-12H2,1H3;2*1-2H3. The van der Waals surface area contributed by atoms with Crippen molar-refractivity contribution < 1.29 is 0 Å². The van der Waals surface area contributed by atoms with Crippen molar-refractivity contribution in [3.8, 4) is 0 Å². The van der Waals surface area contributed by atoms with E-state index in [1.54, 1.807) is 0 Å². The zero-order chi connectivity index (χ0) is 14.5. The summed E-state index contributed by atoms with van der Waals surface area (Å²) in [5.41, 5.74) is 1.44. The van der Waals surface area contributed by atoms with Gasteiger partial charge in [-0.1, -0.05) is 77.3 Å². The minimum atomic E-state index is 0.818. The smallest absolute Gasteiger partial charge is 0.0233 e. The lowest BCUT2D eigenvalue weighted by atomic mass is 9.94. The summed E-state index contributed by atoms with van der Waals surface area (Å²) in [6, 6.07) is 11.6. The molecule has 1 aliphatic carbocycles. The molecule has 1 nitrogen and oxygen atoms in total. The van der Waals surface area contributed by atoms with Crippen LogP contribution in [-0.4, -0.2) is 18.0 Å². The fourth-order valence-corrected chi connectivity index (χ4v) is 2.52. The van der Waals surface area contributed by atoms with Crippen LogP contribution in [0.15, 0.2) is 30.3 Å². The second-order valence-corrected chi connectivity index (χ2v) is 4.69.